The molecule has 1 aromatic heterocycles. The summed E-state index contributed by atoms with van der Waals surface area (Å²) >= 11 is 0. The van der Waals surface area contributed by atoms with Gasteiger partial charge in [0.1, 0.15) is 5.82 Å². The third-order valence-corrected chi connectivity index (χ3v) is 1.85. The molecule has 88 valence electrons. The first kappa shape index (κ1) is 12.5. The summed E-state index contributed by atoms with van der Waals surface area (Å²) in [7, 11) is 0. The molecule has 1 aromatic rings. The van der Waals surface area contributed by atoms with Crippen LogP contribution in [0.3, 0.4) is 0 Å². The number of pyridine rings is 1. The number of ether oxygens (including phenoxy) is 1. The van der Waals surface area contributed by atoms with Crippen molar-refractivity contribution < 1.29 is 22.7 Å². The van der Waals surface area contributed by atoms with Crippen LogP contribution in [0.4, 0.5) is 13.2 Å². The lowest BCUT2D eigenvalue weighted by Gasteiger charge is -2.06. The molecule has 0 radical (unpaired) electrons. The normalized spacial score (nSPS) is 10.6. The van der Waals surface area contributed by atoms with Crippen molar-refractivity contribution in [3.63, 3.8) is 0 Å². The number of rotatable bonds is 4. The second-order valence-corrected chi connectivity index (χ2v) is 2.98. The van der Waals surface area contributed by atoms with Gasteiger partial charge in [-0.2, -0.15) is 0 Å². The summed E-state index contributed by atoms with van der Waals surface area (Å²) in [6.07, 6.45) is -1.56. The summed E-state index contributed by atoms with van der Waals surface area (Å²) in [6, 6.07) is 0. The number of halogens is 3. The van der Waals surface area contributed by atoms with E-state index in [2.05, 4.69) is 9.72 Å². The maximum atomic E-state index is 13.4. The second-order valence-electron chi connectivity index (χ2n) is 2.98. The van der Waals surface area contributed by atoms with Crippen LogP contribution in [0.2, 0.25) is 0 Å². The van der Waals surface area contributed by atoms with Crippen molar-refractivity contribution in [2.75, 3.05) is 6.61 Å². The maximum Gasteiger partial charge on any atom is 0.310 e. The maximum absolute atomic E-state index is 13.4. The topological polar surface area (TPSA) is 39.2 Å². The van der Waals surface area contributed by atoms with Crippen LogP contribution in [0, 0.1) is 5.82 Å². The molecule has 0 aromatic carbocycles. The van der Waals surface area contributed by atoms with Gasteiger partial charge in [0.15, 0.2) is 0 Å². The Morgan fingerprint density at radius 3 is 2.75 bits per heavy atom. The molecule has 1 heterocycles. The number of esters is 1. The van der Waals surface area contributed by atoms with Gasteiger partial charge in [-0.3, -0.25) is 9.78 Å². The Morgan fingerprint density at radius 2 is 2.19 bits per heavy atom. The molecule has 0 amide bonds. The highest BCUT2D eigenvalue weighted by atomic mass is 19.3. The van der Waals surface area contributed by atoms with Crippen LogP contribution in [0.15, 0.2) is 12.4 Å². The predicted octanol–water partition coefficient (Wildman–Crippen LogP) is 2.26. The monoisotopic (exact) mass is 233 g/mol. The zero-order chi connectivity index (χ0) is 12.1. The molecule has 0 spiro atoms. The van der Waals surface area contributed by atoms with Crippen LogP contribution in [0.1, 0.15) is 24.5 Å². The van der Waals surface area contributed by atoms with Crippen LogP contribution in [-0.2, 0) is 16.0 Å². The van der Waals surface area contributed by atoms with E-state index in [1.807, 2.05) is 0 Å². The molecular formula is C10H10F3NO2. The Bertz CT molecular complexity index is 382. The summed E-state index contributed by atoms with van der Waals surface area (Å²) in [5, 5.41) is 0. The Labute approximate surface area is 90.2 Å². The van der Waals surface area contributed by atoms with Gasteiger partial charge in [0.2, 0.25) is 0 Å². The average molecular weight is 233 g/mol. The SMILES string of the molecule is CCOC(=O)Cc1cncc(C(F)F)c1F. The number of carbonyl (C=O) groups excluding carboxylic acids is 1. The van der Waals surface area contributed by atoms with Gasteiger partial charge in [-0.05, 0) is 6.92 Å². The number of hydrogen-bond donors (Lipinski definition) is 0. The van der Waals surface area contributed by atoms with E-state index >= 15 is 0 Å². The van der Waals surface area contributed by atoms with Gasteiger partial charge in [0.05, 0.1) is 18.6 Å². The van der Waals surface area contributed by atoms with Gasteiger partial charge in [0, 0.05) is 18.0 Å². The van der Waals surface area contributed by atoms with Gasteiger partial charge in [-0.15, -0.1) is 0 Å². The molecule has 0 unspecified atom stereocenters. The first-order chi connectivity index (χ1) is 7.56. The summed E-state index contributed by atoms with van der Waals surface area (Å²) < 4.78 is 42.6. The highest BCUT2D eigenvalue weighted by Crippen LogP contribution is 2.23. The third kappa shape index (κ3) is 2.95. The van der Waals surface area contributed by atoms with Gasteiger partial charge >= 0.3 is 5.97 Å². The molecule has 0 saturated carbocycles. The zero-order valence-electron chi connectivity index (χ0n) is 8.54. The van der Waals surface area contributed by atoms with E-state index < -0.39 is 30.2 Å². The highest BCUT2D eigenvalue weighted by molar-refractivity contribution is 5.72. The second kappa shape index (κ2) is 5.48. The molecule has 0 aliphatic rings. The smallest absolute Gasteiger partial charge is 0.310 e. The Balaban J connectivity index is 2.89. The molecule has 0 atom stereocenters. The molecule has 1 rings (SSSR count). The average Bonchev–Trinajstić information content (AvgIpc) is 2.21. The summed E-state index contributed by atoms with van der Waals surface area (Å²) in [4.78, 5) is 14.5. The van der Waals surface area contributed by atoms with E-state index in [4.69, 9.17) is 0 Å². The largest absolute Gasteiger partial charge is 0.466 e. The lowest BCUT2D eigenvalue weighted by molar-refractivity contribution is -0.142. The van der Waals surface area contributed by atoms with Gasteiger partial charge < -0.3 is 4.74 Å². The highest BCUT2D eigenvalue weighted by Gasteiger charge is 2.18. The van der Waals surface area contributed by atoms with E-state index in [0.29, 0.717) is 0 Å². The first-order valence-electron chi connectivity index (χ1n) is 4.62. The van der Waals surface area contributed by atoms with Gasteiger partial charge in [-0.1, -0.05) is 0 Å². The van der Waals surface area contributed by atoms with Crippen molar-refractivity contribution in [1.29, 1.82) is 0 Å². The summed E-state index contributed by atoms with van der Waals surface area (Å²) in [6.45, 7) is 1.75. The molecular weight excluding hydrogens is 223 g/mol. The van der Waals surface area contributed by atoms with Crippen molar-refractivity contribution in [3.8, 4) is 0 Å². The summed E-state index contributed by atoms with van der Waals surface area (Å²) in [5.74, 6) is -1.77. The van der Waals surface area contributed by atoms with Crippen molar-refractivity contribution in [3.05, 3.63) is 29.3 Å². The molecule has 0 aliphatic carbocycles. The third-order valence-electron chi connectivity index (χ3n) is 1.85. The summed E-state index contributed by atoms with van der Waals surface area (Å²) in [5.41, 5.74) is -0.988. The number of nitrogens with zero attached hydrogens (tertiary/aromatic N) is 1. The van der Waals surface area contributed by atoms with Crippen molar-refractivity contribution in [2.24, 2.45) is 0 Å². The predicted molar refractivity (Wildman–Crippen MR) is 49.5 cm³/mol. The fourth-order valence-electron chi connectivity index (χ4n) is 1.15. The molecule has 0 aliphatic heterocycles. The fourth-order valence-corrected chi connectivity index (χ4v) is 1.15. The quantitative estimate of drug-likeness (QED) is 0.749. The molecule has 0 bridgehead atoms. The van der Waals surface area contributed by atoms with Crippen molar-refractivity contribution in [1.82, 2.24) is 4.98 Å². The van der Waals surface area contributed by atoms with E-state index in [1.54, 1.807) is 6.92 Å². The van der Waals surface area contributed by atoms with Crippen LogP contribution in [0.25, 0.3) is 0 Å². The molecule has 0 fully saturated rings. The minimum atomic E-state index is -2.95. The number of aromatic nitrogens is 1. The minimum absolute atomic E-state index is 0.155. The zero-order valence-corrected chi connectivity index (χ0v) is 8.54. The minimum Gasteiger partial charge on any atom is -0.466 e. The molecule has 3 nitrogen and oxygen atoms in total. The van der Waals surface area contributed by atoms with Gasteiger partial charge in [-0.25, -0.2) is 13.2 Å². The number of alkyl halides is 2. The number of carbonyl (C=O) groups is 1. The van der Waals surface area contributed by atoms with E-state index in [1.165, 1.54) is 0 Å². The van der Waals surface area contributed by atoms with E-state index in [-0.39, 0.29) is 12.2 Å². The Kier molecular flexibility index (Phi) is 4.28. The van der Waals surface area contributed by atoms with Crippen LogP contribution in [0.5, 0.6) is 0 Å². The van der Waals surface area contributed by atoms with E-state index in [9.17, 15) is 18.0 Å². The number of hydrogen-bond acceptors (Lipinski definition) is 3. The van der Waals surface area contributed by atoms with E-state index in [0.717, 1.165) is 12.4 Å². The van der Waals surface area contributed by atoms with Gasteiger partial charge in [0.25, 0.3) is 6.43 Å². The lowest BCUT2D eigenvalue weighted by atomic mass is 10.1. The molecule has 16 heavy (non-hydrogen) atoms. The van der Waals surface area contributed by atoms with Crippen molar-refractivity contribution >= 4 is 5.97 Å². The van der Waals surface area contributed by atoms with Crippen LogP contribution < -0.4 is 0 Å². The molecule has 6 heteroatoms. The van der Waals surface area contributed by atoms with Crippen molar-refractivity contribution in [2.45, 2.75) is 19.8 Å². The lowest BCUT2D eigenvalue weighted by Crippen LogP contribution is -2.10. The van der Waals surface area contributed by atoms with Crippen LogP contribution >= 0.6 is 0 Å². The Morgan fingerprint density at radius 1 is 1.50 bits per heavy atom. The molecule has 0 saturated heterocycles. The molecule has 0 N–H and O–H groups in total. The first-order valence-corrected chi connectivity index (χ1v) is 4.62. The Hall–Kier alpha value is -1.59. The van der Waals surface area contributed by atoms with Crippen LogP contribution in [-0.4, -0.2) is 17.6 Å². The standard InChI is InChI=1S/C10H10F3NO2/c1-2-16-8(15)3-6-4-14-5-7(9(6)11)10(12)13/h4-5,10H,2-3H2,1H3. The fraction of sp³-hybridized carbons (Fsp3) is 0.400.